The molecule has 0 saturated carbocycles. The Labute approximate surface area is 181 Å². The summed E-state index contributed by atoms with van der Waals surface area (Å²) in [5.41, 5.74) is 2.12. The van der Waals surface area contributed by atoms with E-state index in [4.69, 9.17) is 4.74 Å². The van der Waals surface area contributed by atoms with Crippen LogP contribution >= 0.6 is 0 Å². The summed E-state index contributed by atoms with van der Waals surface area (Å²) in [7, 11) is 0. The van der Waals surface area contributed by atoms with Gasteiger partial charge in [0, 0.05) is 12.1 Å². The number of likely N-dealkylation sites (tertiary alicyclic amines) is 1. The molecule has 1 amide bonds. The molecule has 2 aliphatic heterocycles. The summed E-state index contributed by atoms with van der Waals surface area (Å²) < 4.78 is 5.64. The van der Waals surface area contributed by atoms with E-state index in [0.717, 1.165) is 43.4 Å². The van der Waals surface area contributed by atoms with Crippen LogP contribution < -0.4 is 4.74 Å². The Hall–Kier alpha value is -3.28. The van der Waals surface area contributed by atoms with E-state index in [1.54, 1.807) is 24.3 Å². The first-order valence-electron chi connectivity index (χ1n) is 10.8. The van der Waals surface area contributed by atoms with Crippen molar-refractivity contribution in [1.29, 1.82) is 0 Å². The van der Waals surface area contributed by atoms with Crippen LogP contribution in [0.5, 0.6) is 11.5 Å². The molecule has 1 unspecified atom stereocenters. The molecule has 162 valence electrons. The molecule has 2 aromatic rings. The van der Waals surface area contributed by atoms with Crippen LogP contribution in [0.2, 0.25) is 0 Å². The monoisotopic (exact) mass is 421 g/mol. The molecule has 2 N–H and O–H groups in total. The van der Waals surface area contributed by atoms with Gasteiger partial charge in [0.15, 0.2) is 0 Å². The second-order valence-electron chi connectivity index (χ2n) is 8.07. The van der Waals surface area contributed by atoms with Crippen LogP contribution in [-0.2, 0) is 16.0 Å². The lowest BCUT2D eigenvalue weighted by atomic mass is 9.94. The summed E-state index contributed by atoms with van der Waals surface area (Å²) in [6.07, 6.45) is 4.40. The number of nitrogens with zero attached hydrogens (tertiary/aromatic N) is 1. The lowest BCUT2D eigenvalue weighted by molar-refractivity contribution is -0.139. The van der Waals surface area contributed by atoms with Crippen molar-refractivity contribution in [2.24, 2.45) is 0 Å². The molecule has 4 rings (SSSR count). The molecule has 1 fully saturated rings. The molecule has 6 heteroatoms. The van der Waals surface area contributed by atoms with Crippen molar-refractivity contribution in [2.75, 3.05) is 13.2 Å². The average molecular weight is 421 g/mol. The topological polar surface area (TPSA) is 87.1 Å². The van der Waals surface area contributed by atoms with E-state index in [1.165, 1.54) is 17.0 Å². The zero-order valence-corrected chi connectivity index (χ0v) is 17.6. The highest BCUT2D eigenvalue weighted by molar-refractivity contribution is 6.46. The molecular weight excluding hydrogens is 394 g/mol. The molecule has 2 heterocycles. The normalized spacial score (nSPS) is 19.9. The summed E-state index contributed by atoms with van der Waals surface area (Å²) in [5.74, 6) is -0.684. The Morgan fingerprint density at radius 3 is 2.77 bits per heavy atom. The van der Waals surface area contributed by atoms with Crippen molar-refractivity contribution in [1.82, 2.24) is 4.90 Å². The molecule has 31 heavy (non-hydrogen) atoms. The number of ketones is 1. The van der Waals surface area contributed by atoms with Gasteiger partial charge in [-0.05, 0) is 60.7 Å². The average Bonchev–Trinajstić information content (AvgIpc) is 3.03. The van der Waals surface area contributed by atoms with Crippen molar-refractivity contribution in [3.63, 3.8) is 0 Å². The quantitative estimate of drug-likeness (QED) is 0.314. The highest BCUT2D eigenvalue weighted by Gasteiger charge is 2.45. The van der Waals surface area contributed by atoms with Crippen LogP contribution in [0.25, 0.3) is 5.76 Å². The number of carbonyl (C=O) groups excluding carboxylic acids is 2. The van der Waals surface area contributed by atoms with E-state index in [9.17, 15) is 19.8 Å². The summed E-state index contributed by atoms with van der Waals surface area (Å²) in [6, 6.07) is 11.1. The van der Waals surface area contributed by atoms with Gasteiger partial charge < -0.3 is 19.8 Å². The van der Waals surface area contributed by atoms with Crippen LogP contribution in [0, 0.1) is 0 Å². The number of aliphatic hydroxyl groups excluding tert-OH is 1. The minimum atomic E-state index is -0.740. The number of Topliss-reactive ketones (excluding diaryl/α,β-unsaturated/α-hetero) is 1. The number of carbonyl (C=O) groups is 2. The molecule has 1 saturated heterocycles. The maximum atomic E-state index is 13.0. The lowest BCUT2D eigenvalue weighted by Crippen LogP contribution is -2.30. The highest BCUT2D eigenvalue weighted by Crippen LogP contribution is 2.41. The van der Waals surface area contributed by atoms with Gasteiger partial charge in [-0.1, -0.05) is 31.9 Å². The lowest BCUT2D eigenvalue weighted by Gasteiger charge is -2.25. The molecule has 2 aromatic carbocycles. The largest absolute Gasteiger partial charge is 0.508 e. The van der Waals surface area contributed by atoms with Crippen molar-refractivity contribution < 1.29 is 24.5 Å². The fourth-order valence-corrected chi connectivity index (χ4v) is 4.35. The Morgan fingerprint density at radius 1 is 1.16 bits per heavy atom. The first-order chi connectivity index (χ1) is 15.0. The van der Waals surface area contributed by atoms with Gasteiger partial charge in [0.1, 0.15) is 17.3 Å². The van der Waals surface area contributed by atoms with Crippen molar-refractivity contribution >= 4 is 17.4 Å². The Kier molecular flexibility index (Phi) is 5.98. The van der Waals surface area contributed by atoms with E-state index in [2.05, 4.69) is 6.92 Å². The van der Waals surface area contributed by atoms with E-state index < -0.39 is 17.7 Å². The van der Waals surface area contributed by atoms with Gasteiger partial charge in [0.2, 0.25) is 0 Å². The van der Waals surface area contributed by atoms with Gasteiger partial charge >= 0.3 is 0 Å². The van der Waals surface area contributed by atoms with Crippen LogP contribution in [-0.4, -0.2) is 40.0 Å². The maximum absolute atomic E-state index is 13.0. The summed E-state index contributed by atoms with van der Waals surface area (Å²) in [5, 5.41) is 21.2. The number of ether oxygens (including phenoxy) is 1. The number of unbranched alkanes of at least 4 members (excludes halogenated alkanes) is 2. The van der Waals surface area contributed by atoms with E-state index >= 15 is 0 Å². The Bertz CT molecular complexity index is 1040. The number of aliphatic hydroxyl groups is 1. The summed E-state index contributed by atoms with van der Waals surface area (Å²) in [4.78, 5) is 27.4. The third-order valence-corrected chi connectivity index (χ3v) is 5.91. The van der Waals surface area contributed by atoms with E-state index in [1.807, 2.05) is 6.07 Å². The first-order valence-corrected chi connectivity index (χ1v) is 10.8. The van der Waals surface area contributed by atoms with E-state index in [0.29, 0.717) is 24.3 Å². The molecular formula is C25H27NO5. The molecule has 0 aliphatic carbocycles. The Balaban J connectivity index is 1.81. The predicted molar refractivity (Wildman–Crippen MR) is 117 cm³/mol. The van der Waals surface area contributed by atoms with Gasteiger partial charge in [-0.3, -0.25) is 9.59 Å². The molecule has 0 spiro atoms. The third kappa shape index (κ3) is 4.02. The zero-order valence-electron chi connectivity index (χ0n) is 17.6. The van der Waals surface area contributed by atoms with Gasteiger partial charge in [-0.15, -0.1) is 0 Å². The number of benzene rings is 2. The van der Waals surface area contributed by atoms with Crippen LogP contribution in [0.3, 0.4) is 0 Å². The molecule has 0 bridgehead atoms. The fraction of sp³-hybridized carbons (Fsp3) is 0.360. The molecule has 2 aliphatic rings. The summed E-state index contributed by atoms with van der Waals surface area (Å²) >= 11 is 0. The third-order valence-electron chi connectivity index (χ3n) is 5.91. The van der Waals surface area contributed by atoms with Crippen molar-refractivity contribution in [3.8, 4) is 11.5 Å². The second kappa shape index (κ2) is 8.84. The number of aryl methyl sites for hydroxylation is 1. The number of amides is 1. The fourth-order valence-electron chi connectivity index (χ4n) is 4.35. The smallest absolute Gasteiger partial charge is 0.295 e. The van der Waals surface area contributed by atoms with Gasteiger partial charge in [0.05, 0.1) is 18.2 Å². The van der Waals surface area contributed by atoms with E-state index in [-0.39, 0.29) is 17.1 Å². The van der Waals surface area contributed by atoms with Crippen molar-refractivity contribution in [2.45, 2.75) is 45.1 Å². The summed E-state index contributed by atoms with van der Waals surface area (Å²) in [6.45, 7) is 3.15. The van der Waals surface area contributed by atoms with Gasteiger partial charge in [0.25, 0.3) is 11.7 Å². The number of aromatic hydroxyl groups is 1. The molecule has 6 nitrogen and oxygen atoms in total. The van der Waals surface area contributed by atoms with Gasteiger partial charge in [-0.2, -0.15) is 0 Å². The SMILES string of the molecule is CCCCCN1C(=O)C(=O)/C(=C(\O)c2ccc3c(c2)CCCO3)C1c1cccc(O)c1. The van der Waals surface area contributed by atoms with Crippen molar-refractivity contribution in [3.05, 3.63) is 64.7 Å². The first kappa shape index (κ1) is 21.0. The van der Waals surface area contributed by atoms with Crippen LogP contribution in [0.1, 0.15) is 55.3 Å². The number of fused-ring (bicyclic) bond motifs is 1. The number of phenolic OH excluding ortho intramolecular Hbond substituents is 1. The number of phenols is 1. The number of hydrogen-bond donors (Lipinski definition) is 2. The van der Waals surface area contributed by atoms with Crippen LogP contribution in [0.4, 0.5) is 0 Å². The molecule has 1 atom stereocenters. The van der Waals surface area contributed by atoms with Gasteiger partial charge in [-0.25, -0.2) is 0 Å². The standard InChI is InChI=1S/C25H27NO5/c1-2-3-4-12-26-22(17-7-5-9-19(27)15-17)21(24(29)25(26)30)23(28)18-10-11-20-16(14-18)8-6-13-31-20/h5,7,9-11,14-15,22,27-28H,2-4,6,8,12-13H2,1H3/b23-21-. The second-order valence-corrected chi connectivity index (χ2v) is 8.07. The number of hydrogen-bond acceptors (Lipinski definition) is 5. The predicted octanol–water partition coefficient (Wildman–Crippen LogP) is 4.33. The number of rotatable bonds is 6. The zero-order chi connectivity index (χ0) is 22.0. The highest BCUT2D eigenvalue weighted by atomic mass is 16.5. The minimum absolute atomic E-state index is 0.0441. The molecule has 0 aromatic heterocycles. The van der Waals surface area contributed by atoms with Crippen LogP contribution in [0.15, 0.2) is 48.0 Å². The maximum Gasteiger partial charge on any atom is 0.295 e. The molecule has 0 radical (unpaired) electrons. The Morgan fingerprint density at radius 2 is 2.00 bits per heavy atom. The minimum Gasteiger partial charge on any atom is -0.508 e.